The summed E-state index contributed by atoms with van der Waals surface area (Å²) in [4.78, 5) is 31.0. The highest BCUT2D eigenvalue weighted by atomic mass is 16.2. The third kappa shape index (κ3) is 3.35. The molecule has 0 spiro atoms. The minimum Gasteiger partial charge on any atom is -0.352 e. The number of aromatic nitrogens is 4. The Labute approximate surface area is 145 Å². The van der Waals surface area contributed by atoms with Crippen molar-refractivity contribution >= 4 is 17.1 Å². The lowest BCUT2D eigenvalue weighted by Crippen LogP contribution is -2.29. The van der Waals surface area contributed by atoms with E-state index in [1.54, 1.807) is 7.05 Å². The van der Waals surface area contributed by atoms with Crippen LogP contribution in [0, 0.1) is 6.92 Å². The summed E-state index contributed by atoms with van der Waals surface area (Å²) in [6.45, 7) is 5.42. The van der Waals surface area contributed by atoms with Gasteiger partial charge in [-0.2, -0.15) is 4.98 Å². The third-order valence-electron chi connectivity index (χ3n) is 4.31. The molecule has 2 N–H and O–H groups in total. The van der Waals surface area contributed by atoms with Gasteiger partial charge in [-0.1, -0.05) is 43.2 Å². The van der Waals surface area contributed by atoms with Crippen molar-refractivity contribution in [1.29, 1.82) is 0 Å². The quantitative estimate of drug-likeness (QED) is 0.719. The lowest BCUT2D eigenvalue weighted by atomic mass is 10.1. The molecule has 1 aromatic carbocycles. The minimum atomic E-state index is -0.456. The summed E-state index contributed by atoms with van der Waals surface area (Å²) in [5.41, 5.74) is 2.31. The summed E-state index contributed by atoms with van der Waals surface area (Å²) < 4.78 is 3.24. The van der Waals surface area contributed by atoms with Gasteiger partial charge in [-0.3, -0.25) is 14.3 Å². The van der Waals surface area contributed by atoms with Crippen molar-refractivity contribution in [3.05, 3.63) is 56.2 Å². The molecule has 7 nitrogen and oxygen atoms in total. The number of nitrogens with one attached hydrogen (secondary N) is 2. The predicted octanol–water partition coefficient (Wildman–Crippen LogP) is 2.14. The molecule has 0 unspecified atom stereocenters. The molecule has 3 aromatic rings. The van der Waals surface area contributed by atoms with Gasteiger partial charge in [-0.15, -0.1) is 0 Å². The van der Waals surface area contributed by atoms with Gasteiger partial charge in [0.25, 0.3) is 5.56 Å². The van der Waals surface area contributed by atoms with Gasteiger partial charge in [-0.25, -0.2) is 4.79 Å². The smallest absolute Gasteiger partial charge is 0.329 e. The molecule has 132 valence electrons. The topological polar surface area (TPSA) is 84.7 Å². The summed E-state index contributed by atoms with van der Waals surface area (Å²) in [7, 11) is 1.61. The van der Waals surface area contributed by atoms with Gasteiger partial charge >= 0.3 is 5.69 Å². The number of anilines is 1. The Morgan fingerprint density at radius 3 is 2.60 bits per heavy atom. The van der Waals surface area contributed by atoms with Crippen LogP contribution < -0.4 is 16.6 Å². The van der Waals surface area contributed by atoms with Crippen molar-refractivity contribution in [2.24, 2.45) is 7.05 Å². The molecule has 3 rings (SSSR count). The highest BCUT2D eigenvalue weighted by Gasteiger charge is 2.16. The number of aryl methyl sites for hydroxylation is 3. The van der Waals surface area contributed by atoms with Crippen molar-refractivity contribution in [3.8, 4) is 0 Å². The van der Waals surface area contributed by atoms with E-state index in [1.165, 1.54) is 10.1 Å². The van der Waals surface area contributed by atoms with Crippen LogP contribution in [0.15, 0.2) is 33.9 Å². The van der Waals surface area contributed by atoms with Crippen molar-refractivity contribution < 1.29 is 0 Å². The monoisotopic (exact) mass is 341 g/mol. The van der Waals surface area contributed by atoms with Crippen LogP contribution in [0.1, 0.15) is 30.9 Å². The third-order valence-corrected chi connectivity index (χ3v) is 4.31. The number of fused-ring (bicyclic) bond motifs is 1. The van der Waals surface area contributed by atoms with E-state index < -0.39 is 11.2 Å². The first kappa shape index (κ1) is 17.0. The van der Waals surface area contributed by atoms with Gasteiger partial charge in [0.2, 0.25) is 5.95 Å². The van der Waals surface area contributed by atoms with Gasteiger partial charge in [0.1, 0.15) is 0 Å². The number of aromatic amines is 1. The van der Waals surface area contributed by atoms with E-state index in [9.17, 15) is 9.59 Å². The second kappa shape index (κ2) is 6.96. The van der Waals surface area contributed by atoms with Gasteiger partial charge in [0.15, 0.2) is 11.2 Å². The van der Waals surface area contributed by atoms with E-state index in [-0.39, 0.29) is 0 Å². The molecule has 0 amide bonds. The largest absolute Gasteiger partial charge is 0.352 e. The van der Waals surface area contributed by atoms with Crippen LogP contribution in [0.3, 0.4) is 0 Å². The maximum absolute atomic E-state index is 12.3. The summed E-state index contributed by atoms with van der Waals surface area (Å²) in [6.07, 6.45) is 1.92. The van der Waals surface area contributed by atoms with Crippen LogP contribution >= 0.6 is 0 Å². The number of unbranched alkanes of at least 4 members (excludes halogenated alkanes) is 1. The molecule has 0 aliphatic carbocycles. The molecule has 0 bridgehead atoms. The lowest BCUT2D eigenvalue weighted by Gasteiger charge is -2.10. The molecular weight excluding hydrogens is 318 g/mol. The van der Waals surface area contributed by atoms with Crippen LogP contribution in [-0.4, -0.2) is 19.1 Å². The zero-order valence-corrected chi connectivity index (χ0v) is 14.8. The number of benzene rings is 1. The minimum absolute atomic E-state index is 0.398. The summed E-state index contributed by atoms with van der Waals surface area (Å²) in [6, 6.07) is 8.24. The summed E-state index contributed by atoms with van der Waals surface area (Å²) in [5, 5.41) is 3.30. The van der Waals surface area contributed by atoms with Crippen LogP contribution in [-0.2, 0) is 20.1 Å². The first-order valence-electron chi connectivity index (χ1n) is 8.50. The van der Waals surface area contributed by atoms with E-state index in [2.05, 4.69) is 46.5 Å². The molecule has 25 heavy (non-hydrogen) atoms. The molecule has 2 heterocycles. The van der Waals surface area contributed by atoms with Crippen molar-refractivity contribution in [1.82, 2.24) is 19.1 Å². The first-order chi connectivity index (χ1) is 12.0. The fraction of sp³-hybridized carbons (Fsp3) is 0.389. The fourth-order valence-electron chi connectivity index (χ4n) is 2.79. The molecule has 0 aliphatic rings. The average Bonchev–Trinajstić information content (AvgIpc) is 2.96. The average molecular weight is 341 g/mol. The second-order valence-corrected chi connectivity index (χ2v) is 6.27. The first-order valence-corrected chi connectivity index (χ1v) is 8.50. The molecule has 0 radical (unpaired) electrons. The standard InChI is InChI=1S/C18H23N5O2/c1-4-5-10-23-14-15(22(3)18(25)21-16(14)24)20-17(23)19-11-13-8-6-12(2)7-9-13/h6-9H,4-5,10-11H2,1-3H3,(H,19,20)(H,21,24,25). The van der Waals surface area contributed by atoms with E-state index in [4.69, 9.17) is 0 Å². The number of hydrogen-bond acceptors (Lipinski definition) is 4. The Balaban J connectivity index is 2.02. The highest BCUT2D eigenvalue weighted by molar-refractivity contribution is 5.74. The van der Waals surface area contributed by atoms with Gasteiger partial charge in [0.05, 0.1) is 0 Å². The number of H-pyrrole nitrogens is 1. The van der Waals surface area contributed by atoms with Crippen LogP contribution in [0.5, 0.6) is 0 Å². The van der Waals surface area contributed by atoms with Gasteiger partial charge in [-0.05, 0) is 18.9 Å². The molecule has 0 saturated heterocycles. The number of hydrogen-bond donors (Lipinski definition) is 2. The fourth-order valence-corrected chi connectivity index (χ4v) is 2.79. The lowest BCUT2D eigenvalue weighted by molar-refractivity contribution is 0.646. The number of nitrogens with zero attached hydrogens (tertiary/aromatic N) is 3. The maximum Gasteiger partial charge on any atom is 0.329 e. The normalized spacial score (nSPS) is 11.2. The van der Waals surface area contributed by atoms with Gasteiger partial charge < -0.3 is 9.88 Å². The maximum atomic E-state index is 12.3. The van der Waals surface area contributed by atoms with Crippen molar-refractivity contribution in [3.63, 3.8) is 0 Å². The van der Waals surface area contributed by atoms with E-state index in [0.29, 0.717) is 30.2 Å². The zero-order valence-electron chi connectivity index (χ0n) is 14.8. The Bertz CT molecular complexity index is 995. The number of rotatable bonds is 6. The van der Waals surface area contributed by atoms with E-state index >= 15 is 0 Å². The number of imidazole rings is 1. The molecule has 0 aliphatic heterocycles. The van der Waals surface area contributed by atoms with E-state index in [0.717, 1.165) is 18.4 Å². The SMILES string of the molecule is CCCCn1c(NCc2ccc(C)cc2)nc2c1c(=O)[nH]c(=O)n2C. The molecule has 2 aromatic heterocycles. The molecule has 0 atom stereocenters. The van der Waals surface area contributed by atoms with Crippen LogP contribution in [0.2, 0.25) is 0 Å². The Kier molecular flexibility index (Phi) is 4.74. The zero-order chi connectivity index (χ0) is 18.0. The van der Waals surface area contributed by atoms with Crippen LogP contribution in [0.25, 0.3) is 11.2 Å². The summed E-state index contributed by atoms with van der Waals surface area (Å²) in [5.74, 6) is 0.607. The summed E-state index contributed by atoms with van der Waals surface area (Å²) >= 11 is 0. The Hall–Kier alpha value is -2.83. The second-order valence-electron chi connectivity index (χ2n) is 6.27. The Morgan fingerprint density at radius 1 is 1.20 bits per heavy atom. The molecule has 0 fully saturated rings. The molecule has 7 heteroatoms. The molecule has 0 saturated carbocycles. The van der Waals surface area contributed by atoms with Crippen molar-refractivity contribution in [2.75, 3.05) is 5.32 Å². The predicted molar refractivity (Wildman–Crippen MR) is 99.0 cm³/mol. The van der Waals surface area contributed by atoms with E-state index in [1.807, 2.05) is 11.5 Å². The van der Waals surface area contributed by atoms with Crippen molar-refractivity contribution in [2.45, 2.75) is 39.8 Å². The molecular formula is C18H23N5O2. The Morgan fingerprint density at radius 2 is 1.92 bits per heavy atom. The highest BCUT2D eigenvalue weighted by Crippen LogP contribution is 2.17. The van der Waals surface area contributed by atoms with Crippen LogP contribution in [0.4, 0.5) is 5.95 Å². The van der Waals surface area contributed by atoms with Gasteiger partial charge in [0, 0.05) is 20.1 Å².